The molecule has 0 bridgehead atoms. The first kappa shape index (κ1) is 7.02. The van der Waals surface area contributed by atoms with E-state index >= 15 is 0 Å². The van der Waals surface area contributed by atoms with Gasteiger partial charge in [0.2, 0.25) is 0 Å². The van der Waals surface area contributed by atoms with E-state index in [4.69, 9.17) is 10.2 Å². The number of nitrogens with two attached hydrogens (primary N) is 1. The van der Waals surface area contributed by atoms with Crippen LogP contribution < -0.4 is 5.73 Å². The fraction of sp³-hybridized carbons (Fsp3) is 0.286. The van der Waals surface area contributed by atoms with Gasteiger partial charge in [0.1, 0.15) is 0 Å². The number of carbonyl (C=O) groups is 1. The first-order valence-electron chi connectivity index (χ1n) is 3.06. The van der Waals surface area contributed by atoms with Crippen molar-refractivity contribution in [3.05, 3.63) is 24.2 Å². The predicted molar refractivity (Wildman–Crippen MR) is 36.5 cm³/mol. The number of furan rings is 1. The van der Waals surface area contributed by atoms with E-state index in [-0.39, 0.29) is 12.3 Å². The summed E-state index contributed by atoms with van der Waals surface area (Å²) in [5.74, 6) is 0.0291. The lowest BCUT2D eigenvalue weighted by Crippen LogP contribution is -2.15. The summed E-state index contributed by atoms with van der Waals surface area (Å²) in [6, 6.07) is 1.76. The summed E-state index contributed by atoms with van der Waals surface area (Å²) in [6.07, 6.45) is 3.47. The Balaban J connectivity index is 2.48. The van der Waals surface area contributed by atoms with Gasteiger partial charge in [-0.25, -0.2) is 0 Å². The standard InChI is InChI=1S/C7H9NO2/c8-4-7(9)3-6-1-2-10-5-6/h1-2,5H,3-4,8H2. The Morgan fingerprint density at radius 1 is 1.70 bits per heavy atom. The summed E-state index contributed by atoms with van der Waals surface area (Å²) < 4.78 is 4.77. The van der Waals surface area contributed by atoms with Crippen molar-refractivity contribution in [1.82, 2.24) is 0 Å². The number of ketones is 1. The lowest BCUT2D eigenvalue weighted by Gasteiger charge is -1.90. The van der Waals surface area contributed by atoms with Gasteiger partial charge in [0.25, 0.3) is 0 Å². The average molecular weight is 139 g/mol. The molecule has 1 aromatic heterocycles. The van der Waals surface area contributed by atoms with Gasteiger partial charge >= 0.3 is 0 Å². The molecule has 0 aliphatic carbocycles. The van der Waals surface area contributed by atoms with Crippen molar-refractivity contribution in [1.29, 1.82) is 0 Å². The molecule has 1 rings (SSSR count). The summed E-state index contributed by atoms with van der Waals surface area (Å²) in [5, 5.41) is 0. The molecule has 0 aliphatic rings. The number of hydrogen-bond acceptors (Lipinski definition) is 3. The van der Waals surface area contributed by atoms with E-state index in [1.165, 1.54) is 0 Å². The molecule has 0 unspecified atom stereocenters. The monoisotopic (exact) mass is 139 g/mol. The fourth-order valence-corrected chi connectivity index (χ4v) is 0.693. The lowest BCUT2D eigenvalue weighted by molar-refractivity contribution is -0.117. The van der Waals surface area contributed by atoms with E-state index in [2.05, 4.69) is 0 Å². The van der Waals surface area contributed by atoms with Crippen LogP contribution in [0, 0.1) is 0 Å². The zero-order valence-corrected chi connectivity index (χ0v) is 5.54. The molecule has 54 valence electrons. The molecule has 10 heavy (non-hydrogen) atoms. The summed E-state index contributed by atoms with van der Waals surface area (Å²) in [4.78, 5) is 10.7. The van der Waals surface area contributed by atoms with Crippen molar-refractivity contribution in [2.45, 2.75) is 6.42 Å². The van der Waals surface area contributed by atoms with E-state index in [1.807, 2.05) is 0 Å². The third-order valence-electron chi connectivity index (χ3n) is 1.21. The highest BCUT2D eigenvalue weighted by atomic mass is 16.3. The SMILES string of the molecule is NCC(=O)Cc1ccoc1. The van der Waals surface area contributed by atoms with Crippen molar-refractivity contribution in [2.24, 2.45) is 5.73 Å². The molecule has 0 saturated heterocycles. The molecule has 0 aliphatic heterocycles. The van der Waals surface area contributed by atoms with Crippen molar-refractivity contribution in [3.8, 4) is 0 Å². The maximum Gasteiger partial charge on any atom is 0.150 e. The van der Waals surface area contributed by atoms with Crippen LogP contribution in [0.25, 0.3) is 0 Å². The second-order valence-corrected chi connectivity index (χ2v) is 2.05. The zero-order valence-electron chi connectivity index (χ0n) is 5.54. The normalized spacial score (nSPS) is 9.70. The molecule has 1 heterocycles. The summed E-state index contributed by atoms with van der Waals surface area (Å²) in [5.41, 5.74) is 5.99. The predicted octanol–water partition coefficient (Wildman–Crippen LogP) is 0.350. The second kappa shape index (κ2) is 3.17. The Morgan fingerprint density at radius 2 is 2.50 bits per heavy atom. The van der Waals surface area contributed by atoms with Gasteiger partial charge in [-0.3, -0.25) is 4.79 Å². The summed E-state index contributed by atoms with van der Waals surface area (Å²) in [6.45, 7) is 0.102. The summed E-state index contributed by atoms with van der Waals surface area (Å²) >= 11 is 0. The van der Waals surface area contributed by atoms with E-state index in [1.54, 1.807) is 18.6 Å². The van der Waals surface area contributed by atoms with Gasteiger partial charge in [0, 0.05) is 6.42 Å². The number of Topliss-reactive ketones (excluding diaryl/α,β-unsaturated/α-hetero) is 1. The molecule has 0 fully saturated rings. The Hall–Kier alpha value is -1.09. The Labute approximate surface area is 58.8 Å². The highest BCUT2D eigenvalue weighted by Gasteiger charge is 2.00. The van der Waals surface area contributed by atoms with E-state index in [9.17, 15) is 4.79 Å². The number of carbonyl (C=O) groups excluding carboxylic acids is 1. The molecule has 0 radical (unpaired) electrons. The second-order valence-electron chi connectivity index (χ2n) is 2.05. The summed E-state index contributed by atoms with van der Waals surface area (Å²) in [7, 11) is 0. The molecular weight excluding hydrogens is 130 g/mol. The van der Waals surface area contributed by atoms with Gasteiger partial charge < -0.3 is 10.2 Å². The fourth-order valence-electron chi connectivity index (χ4n) is 0.693. The van der Waals surface area contributed by atoms with Crippen LogP contribution in [0.2, 0.25) is 0 Å². The minimum atomic E-state index is 0.0291. The van der Waals surface area contributed by atoms with Crippen LogP contribution >= 0.6 is 0 Å². The molecule has 0 amide bonds. The molecule has 2 N–H and O–H groups in total. The third-order valence-corrected chi connectivity index (χ3v) is 1.21. The van der Waals surface area contributed by atoms with Crippen molar-refractivity contribution < 1.29 is 9.21 Å². The first-order valence-corrected chi connectivity index (χ1v) is 3.06. The lowest BCUT2D eigenvalue weighted by atomic mass is 10.2. The largest absolute Gasteiger partial charge is 0.472 e. The molecule has 0 spiro atoms. The van der Waals surface area contributed by atoms with E-state index in [0.717, 1.165) is 5.56 Å². The molecule has 3 heteroatoms. The Kier molecular flexibility index (Phi) is 2.23. The van der Waals surface area contributed by atoms with Crippen LogP contribution in [0.4, 0.5) is 0 Å². The molecule has 3 nitrogen and oxygen atoms in total. The van der Waals surface area contributed by atoms with Crippen LogP contribution in [0.15, 0.2) is 23.0 Å². The number of rotatable bonds is 3. The maximum atomic E-state index is 10.7. The quantitative estimate of drug-likeness (QED) is 0.657. The van der Waals surface area contributed by atoms with Crippen LogP contribution in [0.1, 0.15) is 5.56 Å². The van der Waals surface area contributed by atoms with Crippen molar-refractivity contribution >= 4 is 5.78 Å². The van der Waals surface area contributed by atoms with Gasteiger partial charge in [-0.15, -0.1) is 0 Å². The molecule has 0 atom stereocenters. The van der Waals surface area contributed by atoms with Crippen LogP contribution in [-0.2, 0) is 11.2 Å². The van der Waals surface area contributed by atoms with Crippen LogP contribution in [0.3, 0.4) is 0 Å². The highest BCUT2D eigenvalue weighted by Crippen LogP contribution is 2.00. The Bertz CT molecular complexity index is 203. The maximum absolute atomic E-state index is 10.7. The van der Waals surface area contributed by atoms with Gasteiger partial charge in [-0.2, -0.15) is 0 Å². The van der Waals surface area contributed by atoms with E-state index < -0.39 is 0 Å². The minimum Gasteiger partial charge on any atom is -0.472 e. The van der Waals surface area contributed by atoms with Crippen LogP contribution in [-0.4, -0.2) is 12.3 Å². The smallest absolute Gasteiger partial charge is 0.150 e. The van der Waals surface area contributed by atoms with Gasteiger partial charge in [-0.1, -0.05) is 0 Å². The van der Waals surface area contributed by atoms with Crippen LogP contribution in [0.5, 0.6) is 0 Å². The van der Waals surface area contributed by atoms with E-state index in [0.29, 0.717) is 6.42 Å². The molecular formula is C7H9NO2. The topological polar surface area (TPSA) is 56.2 Å². The number of hydrogen-bond donors (Lipinski definition) is 1. The first-order chi connectivity index (χ1) is 4.83. The molecule has 1 aromatic rings. The average Bonchev–Trinajstić information content (AvgIpc) is 2.40. The molecule has 0 aromatic carbocycles. The Morgan fingerprint density at radius 3 is 3.00 bits per heavy atom. The van der Waals surface area contributed by atoms with Gasteiger partial charge in [0.15, 0.2) is 5.78 Å². The van der Waals surface area contributed by atoms with Gasteiger partial charge in [0.05, 0.1) is 19.1 Å². The third kappa shape index (κ3) is 1.70. The van der Waals surface area contributed by atoms with Crippen molar-refractivity contribution in [2.75, 3.05) is 6.54 Å². The molecule has 0 saturated carbocycles. The van der Waals surface area contributed by atoms with Gasteiger partial charge in [-0.05, 0) is 11.6 Å². The highest BCUT2D eigenvalue weighted by molar-refractivity contribution is 5.82. The zero-order chi connectivity index (χ0) is 7.40. The minimum absolute atomic E-state index is 0.0291. The van der Waals surface area contributed by atoms with Crippen molar-refractivity contribution in [3.63, 3.8) is 0 Å².